The molecular formula is C27H30N4O4S. The number of nitrogens with one attached hydrogen (secondary N) is 1. The number of ether oxygens (including phenoxy) is 1. The molecule has 1 N–H and O–H groups in total. The monoisotopic (exact) mass is 506 g/mol. The summed E-state index contributed by atoms with van der Waals surface area (Å²) >= 11 is 0. The largest absolute Gasteiger partial charge is 0.379 e. The number of nitrogens with zero attached hydrogens (tertiary/aromatic N) is 3. The van der Waals surface area contributed by atoms with E-state index in [-0.39, 0.29) is 16.8 Å². The van der Waals surface area contributed by atoms with E-state index in [4.69, 9.17) is 4.74 Å². The number of sulfonamides is 1. The Balaban J connectivity index is 1.39. The number of rotatable bonds is 6. The standard InChI is InChI=1S/C27H30N4O4S/c1-20-27(32)29(2)25-13-10-23(18-26(25)31(20)19-21-6-4-3-5-7-21)28-22-8-11-24(12-9-22)36(33,34)30-14-16-35-17-15-30/h3-13,18,20,28H,14-17,19H2,1-2H3/t20-/m1/s1. The molecule has 2 heterocycles. The maximum atomic E-state index is 12.9. The second kappa shape index (κ2) is 9.93. The van der Waals surface area contributed by atoms with E-state index in [0.717, 1.165) is 28.3 Å². The summed E-state index contributed by atoms with van der Waals surface area (Å²) in [4.78, 5) is 17.0. The summed E-state index contributed by atoms with van der Waals surface area (Å²) < 4.78 is 32.5. The SMILES string of the molecule is C[C@@H]1C(=O)N(C)c2ccc(Nc3ccc(S(=O)(=O)N4CCOCC4)cc3)cc2N1Cc1ccccc1. The first-order valence-corrected chi connectivity index (χ1v) is 13.5. The average molecular weight is 507 g/mol. The summed E-state index contributed by atoms with van der Waals surface area (Å²) in [5.74, 6) is 0.0520. The molecule has 0 radical (unpaired) electrons. The molecule has 1 fully saturated rings. The lowest BCUT2D eigenvalue weighted by molar-refractivity contribution is -0.119. The van der Waals surface area contributed by atoms with Crippen LogP contribution < -0.4 is 15.1 Å². The highest BCUT2D eigenvalue weighted by Gasteiger charge is 2.33. The van der Waals surface area contributed by atoms with Crippen molar-refractivity contribution in [2.24, 2.45) is 0 Å². The number of hydrogen-bond acceptors (Lipinski definition) is 6. The van der Waals surface area contributed by atoms with Crippen LogP contribution in [0.15, 0.2) is 77.7 Å². The van der Waals surface area contributed by atoms with Crippen molar-refractivity contribution in [3.05, 3.63) is 78.4 Å². The number of fused-ring (bicyclic) bond motifs is 1. The Morgan fingerprint density at radius 1 is 0.917 bits per heavy atom. The number of morpholine rings is 1. The van der Waals surface area contributed by atoms with Gasteiger partial charge in [0, 0.05) is 38.1 Å². The van der Waals surface area contributed by atoms with Crippen LogP contribution in [0.25, 0.3) is 0 Å². The molecule has 1 atom stereocenters. The van der Waals surface area contributed by atoms with Gasteiger partial charge in [-0.25, -0.2) is 8.42 Å². The molecule has 36 heavy (non-hydrogen) atoms. The Kier molecular flexibility index (Phi) is 6.70. The molecule has 1 saturated heterocycles. The lowest BCUT2D eigenvalue weighted by atomic mass is 10.0. The molecule has 3 aromatic rings. The third kappa shape index (κ3) is 4.69. The van der Waals surface area contributed by atoms with Crippen LogP contribution in [0, 0.1) is 0 Å². The minimum Gasteiger partial charge on any atom is -0.379 e. The summed E-state index contributed by atoms with van der Waals surface area (Å²) in [7, 11) is -1.73. The van der Waals surface area contributed by atoms with E-state index >= 15 is 0 Å². The van der Waals surface area contributed by atoms with Crippen LogP contribution in [0.5, 0.6) is 0 Å². The number of benzene rings is 3. The quantitative estimate of drug-likeness (QED) is 0.547. The van der Waals surface area contributed by atoms with Gasteiger partial charge in [0.15, 0.2) is 0 Å². The van der Waals surface area contributed by atoms with Crippen LogP contribution >= 0.6 is 0 Å². The van der Waals surface area contributed by atoms with E-state index in [9.17, 15) is 13.2 Å². The number of carbonyl (C=O) groups is 1. The van der Waals surface area contributed by atoms with Gasteiger partial charge in [-0.2, -0.15) is 4.31 Å². The zero-order chi connectivity index (χ0) is 25.3. The first-order chi connectivity index (χ1) is 17.3. The minimum atomic E-state index is -3.54. The highest BCUT2D eigenvalue weighted by atomic mass is 32.2. The van der Waals surface area contributed by atoms with Gasteiger partial charge < -0.3 is 19.9 Å². The Bertz CT molecular complexity index is 1340. The predicted molar refractivity (Wildman–Crippen MR) is 141 cm³/mol. The highest BCUT2D eigenvalue weighted by Crippen LogP contribution is 2.39. The molecule has 5 rings (SSSR count). The van der Waals surface area contributed by atoms with Crippen molar-refractivity contribution in [1.29, 1.82) is 0 Å². The van der Waals surface area contributed by atoms with Crippen molar-refractivity contribution >= 4 is 38.7 Å². The third-order valence-corrected chi connectivity index (χ3v) is 8.66. The van der Waals surface area contributed by atoms with Gasteiger partial charge in [-0.05, 0) is 55.0 Å². The first kappa shape index (κ1) is 24.3. The van der Waals surface area contributed by atoms with Gasteiger partial charge in [0.25, 0.3) is 0 Å². The summed E-state index contributed by atoms with van der Waals surface area (Å²) in [6.07, 6.45) is 0. The zero-order valence-corrected chi connectivity index (χ0v) is 21.2. The Hall–Kier alpha value is -3.40. The molecule has 3 aromatic carbocycles. The molecule has 0 saturated carbocycles. The Morgan fingerprint density at radius 3 is 2.28 bits per heavy atom. The van der Waals surface area contributed by atoms with Gasteiger partial charge in [-0.3, -0.25) is 4.79 Å². The lowest BCUT2D eigenvalue weighted by Crippen LogP contribution is -2.50. The number of hydrogen-bond donors (Lipinski definition) is 1. The van der Waals surface area contributed by atoms with Gasteiger partial charge in [0.05, 0.1) is 29.5 Å². The summed E-state index contributed by atoms with van der Waals surface area (Å²) in [6, 6.07) is 22.5. The summed E-state index contributed by atoms with van der Waals surface area (Å²) in [5, 5.41) is 3.38. The van der Waals surface area contributed by atoms with E-state index in [2.05, 4.69) is 22.3 Å². The molecular weight excluding hydrogens is 476 g/mol. The predicted octanol–water partition coefficient (Wildman–Crippen LogP) is 3.82. The topological polar surface area (TPSA) is 82.2 Å². The maximum absolute atomic E-state index is 12.9. The number of likely N-dealkylation sites (N-methyl/N-ethyl adjacent to an activating group) is 1. The van der Waals surface area contributed by atoms with Crippen LogP contribution in [0.1, 0.15) is 12.5 Å². The van der Waals surface area contributed by atoms with Gasteiger partial charge in [0.1, 0.15) is 6.04 Å². The maximum Gasteiger partial charge on any atom is 0.249 e. The molecule has 0 unspecified atom stereocenters. The number of carbonyl (C=O) groups excluding carboxylic acids is 1. The van der Waals surface area contributed by atoms with Crippen LogP contribution in [-0.2, 0) is 26.1 Å². The van der Waals surface area contributed by atoms with E-state index in [0.29, 0.717) is 32.8 Å². The molecule has 2 aliphatic heterocycles. The lowest BCUT2D eigenvalue weighted by Gasteiger charge is -2.40. The van der Waals surface area contributed by atoms with E-state index in [1.165, 1.54) is 4.31 Å². The van der Waals surface area contributed by atoms with Crippen LogP contribution in [0.3, 0.4) is 0 Å². The van der Waals surface area contributed by atoms with Crippen molar-refractivity contribution in [2.45, 2.75) is 24.4 Å². The van der Waals surface area contributed by atoms with Crippen LogP contribution in [-0.4, -0.2) is 58.0 Å². The third-order valence-electron chi connectivity index (χ3n) is 6.75. The minimum absolute atomic E-state index is 0.0520. The number of amides is 1. The molecule has 188 valence electrons. The average Bonchev–Trinajstić information content (AvgIpc) is 2.91. The molecule has 1 amide bonds. The highest BCUT2D eigenvalue weighted by molar-refractivity contribution is 7.89. The van der Waals surface area contributed by atoms with Crippen molar-refractivity contribution in [1.82, 2.24) is 4.31 Å². The first-order valence-electron chi connectivity index (χ1n) is 12.0. The van der Waals surface area contributed by atoms with Gasteiger partial charge in [0.2, 0.25) is 15.9 Å². The second-order valence-electron chi connectivity index (χ2n) is 9.06. The summed E-state index contributed by atoms with van der Waals surface area (Å²) in [6.45, 7) is 4.11. The Labute approximate surface area is 212 Å². The molecule has 2 aliphatic rings. The number of anilines is 4. The van der Waals surface area contributed by atoms with Crippen molar-refractivity contribution in [3.8, 4) is 0 Å². The van der Waals surface area contributed by atoms with Crippen LogP contribution in [0.4, 0.5) is 22.7 Å². The molecule has 0 aromatic heterocycles. The normalized spacial score (nSPS) is 18.7. The van der Waals surface area contributed by atoms with E-state index in [1.54, 1.807) is 36.2 Å². The molecule has 0 aliphatic carbocycles. The van der Waals surface area contributed by atoms with E-state index in [1.807, 2.05) is 43.3 Å². The van der Waals surface area contributed by atoms with Crippen molar-refractivity contribution in [3.63, 3.8) is 0 Å². The zero-order valence-electron chi connectivity index (χ0n) is 20.4. The smallest absolute Gasteiger partial charge is 0.249 e. The second-order valence-corrected chi connectivity index (χ2v) is 11.0. The van der Waals surface area contributed by atoms with Gasteiger partial charge in [-0.1, -0.05) is 30.3 Å². The Morgan fingerprint density at radius 2 is 1.58 bits per heavy atom. The van der Waals surface area contributed by atoms with Gasteiger partial charge >= 0.3 is 0 Å². The van der Waals surface area contributed by atoms with Gasteiger partial charge in [-0.15, -0.1) is 0 Å². The van der Waals surface area contributed by atoms with Crippen LogP contribution in [0.2, 0.25) is 0 Å². The fourth-order valence-electron chi connectivity index (χ4n) is 4.67. The molecule has 0 spiro atoms. The molecule has 9 heteroatoms. The fraction of sp³-hybridized carbons (Fsp3) is 0.296. The van der Waals surface area contributed by atoms with Crippen molar-refractivity contribution < 1.29 is 17.9 Å². The molecule has 8 nitrogen and oxygen atoms in total. The summed E-state index contributed by atoms with van der Waals surface area (Å²) in [5.41, 5.74) is 4.57. The van der Waals surface area contributed by atoms with Crippen molar-refractivity contribution in [2.75, 3.05) is 48.5 Å². The fourth-order valence-corrected chi connectivity index (χ4v) is 6.08. The van der Waals surface area contributed by atoms with E-state index < -0.39 is 10.0 Å². The molecule has 0 bridgehead atoms.